The van der Waals surface area contributed by atoms with Gasteiger partial charge in [-0.3, -0.25) is 9.59 Å². The van der Waals surface area contributed by atoms with Crippen LogP contribution >= 0.6 is 0 Å². The zero-order valence-corrected chi connectivity index (χ0v) is 18.4. The third-order valence-electron chi connectivity index (χ3n) is 5.17. The van der Waals surface area contributed by atoms with E-state index in [4.69, 9.17) is 4.74 Å². The first-order chi connectivity index (χ1) is 15.7. The molecule has 0 saturated heterocycles. The van der Waals surface area contributed by atoms with Gasteiger partial charge in [0.15, 0.2) is 24.0 Å². The highest BCUT2D eigenvalue weighted by atomic mass is 19.2. The molecule has 0 radical (unpaired) electrons. The van der Waals surface area contributed by atoms with Crippen molar-refractivity contribution >= 4 is 17.7 Å². The van der Waals surface area contributed by atoms with E-state index in [0.29, 0.717) is 12.1 Å². The molecule has 0 aliphatic carbocycles. The third-order valence-corrected chi connectivity index (χ3v) is 5.17. The molecule has 33 heavy (non-hydrogen) atoms. The summed E-state index contributed by atoms with van der Waals surface area (Å²) in [6, 6.07) is 9.14. The molecule has 0 atom stereocenters. The molecule has 0 spiro atoms. The predicted octanol–water partition coefficient (Wildman–Crippen LogP) is 3.91. The lowest BCUT2D eigenvalue weighted by atomic mass is 10.1. The number of benzene rings is 2. The van der Waals surface area contributed by atoms with Gasteiger partial charge in [0.25, 0.3) is 0 Å². The number of carbonyl (C=O) groups excluding carboxylic acids is 3. The number of aromatic nitrogens is 2. The molecule has 3 rings (SSSR count). The Labute approximate surface area is 188 Å². The molecule has 0 aliphatic rings. The molecule has 0 N–H and O–H groups in total. The maximum Gasteiger partial charge on any atom is 0.338 e. The fraction of sp³-hybridized carbons (Fsp3) is 0.250. The molecule has 0 amide bonds. The Kier molecular flexibility index (Phi) is 7.32. The Morgan fingerprint density at radius 2 is 1.64 bits per heavy atom. The van der Waals surface area contributed by atoms with E-state index in [0.717, 1.165) is 35.2 Å². The lowest BCUT2D eigenvalue weighted by Gasteiger charge is -2.08. The molecule has 2 aromatic carbocycles. The van der Waals surface area contributed by atoms with Crippen molar-refractivity contribution in [1.82, 2.24) is 9.78 Å². The number of ketones is 1. The van der Waals surface area contributed by atoms with Gasteiger partial charge in [-0.15, -0.1) is 0 Å². The van der Waals surface area contributed by atoms with Crippen LogP contribution in [0.4, 0.5) is 8.78 Å². The summed E-state index contributed by atoms with van der Waals surface area (Å²) in [5.41, 5.74) is 3.42. The number of hydrogen-bond donors (Lipinski definition) is 0. The number of Topliss-reactive ketones (excluding diaryl/α,β-unsaturated/α-hetero) is 1. The van der Waals surface area contributed by atoms with Crippen LogP contribution in [0.2, 0.25) is 0 Å². The van der Waals surface area contributed by atoms with Gasteiger partial charge in [-0.25, -0.2) is 18.3 Å². The number of nitrogens with zero attached hydrogens (tertiary/aromatic N) is 2. The van der Waals surface area contributed by atoms with E-state index >= 15 is 0 Å². The second kappa shape index (κ2) is 10.2. The van der Waals surface area contributed by atoms with Crippen LogP contribution in [0.1, 0.15) is 44.1 Å². The lowest BCUT2D eigenvalue weighted by Crippen LogP contribution is -2.14. The summed E-state index contributed by atoms with van der Waals surface area (Å²) in [7, 11) is 1.34. The predicted molar refractivity (Wildman–Crippen MR) is 114 cm³/mol. The van der Waals surface area contributed by atoms with Crippen LogP contribution in [0.25, 0.3) is 5.69 Å². The van der Waals surface area contributed by atoms with Gasteiger partial charge in [-0.05, 0) is 68.3 Å². The maximum absolute atomic E-state index is 13.3. The number of aryl methyl sites for hydroxylation is 1. The molecule has 0 saturated carbocycles. The van der Waals surface area contributed by atoms with Gasteiger partial charge >= 0.3 is 11.9 Å². The molecule has 9 heteroatoms. The van der Waals surface area contributed by atoms with E-state index in [2.05, 4.69) is 9.84 Å². The zero-order valence-electron chi connectivity index (χ0n) is 18.4. The monoisotopic (exact) mass is 456 g/mol. The van der Waals surface area contributed by atoms with Crippen LogP contribution in [0.3, 0.4) is 0 Å². The number of rotatable bonds is 8. The normalized spacial score (nSPS) is 10.7. The summed E-state index contributed by atoms with van der Waals surface area (Å²) >= 11 is 0. The number of esters is 2. The Hall–Kier alpha value is -3.88. The Balaban J connectivity index is 1.66. The molecule has 0 unspecified atom stereocenters. The fourth-order valence-electron chi connectivity index (χ4n) is 3.32. The first-order valence-electron chi connectivity index (χ1n) is 10.1. The van der Waals surface area contributed by atoms with Crippen LogP contribution in [-0.4, -0.2) is 41.2 Å². The number of methoxy groups -OCH3 is 1. The Morgan fingerprint density at radius 3 is 2.27 bits per heavy atom. The molecule has 0 aliphatic heterocycles. The summed E-state index contributed by atoms with van der Waals surface area (Å²) in [6.45, 7) is 3.14. The van der Waals surface area contributed by atoms with Crippen molar-refractivity contribution < 1.29 is 32.6 Å². The highest BCUT2D eigenvalue weighted by Crippen LogP contribution is 2.20. The van der Waals surface area contributed by atoms with Crippen LogP contribution in [0, 0.1) is 25.5 Å². The minimum atomic E-state index is -1.15. The molecule has 1 aromatic heterocycles. The summed E-state index contributed by atoms with van der Waals surface area (Å²) in [5.74, 6) is -3.90. The van der Waals surface area contributed by atoms with E-state index in [-0.39, 0.29) is 23.5 Å². The molecule has 0 fully saturated rings. The SMILES string of the molecule is COC(=O)CCc1c(C)nn(-c2ccc(C(=O)OCC(=O)c3ccc(F)c(F)c3)cc2)c1C. The number of hydrogen-bond acceptors (Lipinski definition) is 6. The summed E-state index contributed by atoms with van der Waals surface area (Å²) in [6.07, 6.45) is 0.749. The quantitative estimate of drug-likeness (QED) is 0.377. The maximum atomic E-state index is 13.3. The minimum Gasteiger partial charge on any atom is -0.469 e. The molecular formula is C24H22F2N2O5. The number of carbonyl (C=O) groups is 3. The molecule has 1 heterocycles. The van der Waals surface area contributed by atoms with Crippen LogP contribution < -0.4 is 0 Å². The van der Waals surface area contributed by atoms with Gasteiger partial charge in [-0.2, -0.15) is 5.10 Å². The summed E-state index contributed by atoms with van der Waals surface area (Å²) in [5, 5.41) is 4.51. The lowest BCUT2D eigenvalue weighted by molar-refractivity contribution is -0.140. The Morgan fingerprint density at radius 1 is 0.970 bits per heavy atom. The summed E-state index contributed by atoms with van der Waals surface area (Å²) in [4.78, 5) is 35.8. The van der Waals surface area contributed by atoms with Crippen molar-refractivity contribution in [3.8, 4) is 5.69 Å². The van der Waals surface area contributed by atoms with Crippen molar-refractivity contribution in [2.24, 2.45) is 0 Å². The van der Waals surface area contributed by atoms with E-state index in [1.807, 2.05) is 13.8 Å². The second-order valence-corrected chi connectivity index (χ2v) is 7.31. The van der Waals surface area contributed by atoms with Gasteiger partial charge in [0, 0.05) is 17.7 Å². The van der Waals surface area contributed by atoms with Crippen LogP contribution in [0.15, 0.2) is 42.5 Å². The Bertz CT molecular complexity index is 1200. The smallest absolute Gasteiger partial charge is 0.338 e. The van der Waals surface area contributed by atoms with Gasteiger partial charge in [-0.1, -0.05) is 0 Å². The average molecular weight is 456 g/mol. The minimum absolute atomic E-state index is 0.0930. The first kappa shape index (κ1) is 23.8. The highest BCUT2D eigenvalue weighted by molar-refractivity contribution is 5.99. The fourth-order valence-corrected chi connectivity index (χ4v) is 3.32. The van der Waals surface area contributed by atoms with Gasteiger partial charge in [0.1, 0.15) is 0 Å². The summed E-state index contributed by atoms with van der Waals surface area (Å²) < 4.78 is 37.7. The van der Waals surface area contributed by atoms with Gasteiger partial charge < -0.3 is 9.47 Å². The number of halogens is 2. The van der Waals surface area contributed by atoms with Crippen molar-refractivity contribution in [2.75, 3.05) is 13.7 Å². The van der Waals surface area contributed by atoms with Crippen LogP contribution in [-0.2, 0) is 20.7 Å². The second-order valence-electron chi connectivity index (χ2n) is 7.31. The van der Waals surface area contributed by atoms with Crippen molar-refractivity contribution in [2.45, 2.75) is 26.7 Å². The van der Waals surface area contributed by atoms with E-state index in [9.17, 15) is 23.2 Å². The van der Waals surface area contributed by atoms with Crippen molar-refractivity contribution in [3.63, 3.8) is 0 Å². The molecule has 7 nitrogen and oxygen atoms in total. The van der Waals surface area contributed by atoms with E-state index in [1.54, 1.807) is 16.8 Å². The highest BCUT2D eigenvalue weighted by Gasteiger charge is 2.16. The standard InChI is InChI=1S/C24H22F2N2O5/c1-14-19(9-11-23(30)32-3)15(2)28(27-14)18-7-4-16(5-8-18)24(31)33-13-22(29)17-6-10-20(25)21(26)12-17/h4-8,10,12H,9,11,13H2,1-3H3. The van der Waals surface area contributed by atoms with E-state index < -0.39 is 30.0 Å². The molecule has 0 bridgehead atoms. The largest absolute Gasteiger partial charge is 0.469 e. The topological polar surface area (TPSA) is 87.5 Å². The molecular weight excluding hydrogens is 434 g/mol. The van der Waals surface area contributed by atoms with E-state index in [1.165, 1.54) is 19.2 Å². The molecule has 172 valence electrons. The van der Waals surface area contributed by atoms with Gasteiger partial charge in [0.05, 0.1) is 24.1 Å². The third kappa shape index (κ3) is 5.49. The number of ether oxygens (including phenoxy) is 2. The molecule has 3 aromatic rings. The van der Waals surface area contributed by atoms with Gasteiger partial charge in [0.2, 0.25) is 0 Å². The average Bonchev–Trinajstić information content (AvgIpc) is 3.10. The first-order valence-corrected chi connectivity index (χ1v) is 10.1. The van der Waals surface area contributed by atoms with Crippen molar-refractivity contribution in [1.29, 1.82) is 0 Å². The van der Waals surface area contributed by atoms with Crippen molar-refractivity contribution in [3.05, 3.63) is 82.2 Å². The van der Waals surface area contributed by atoms with Crippen LogP contribution in [0.5, 0.6) is 0 Å². The zero-order chi connectivity index (χ0) is 24.1.